The van der Waals surface area contributed by atoms with Gasteiger partial charge in [0.2, 0.25) is 0 Å². The number of aromatic nitrogens is 4. The van der Waals surface area contributed by atoms with Gasteiger partial charge in [0.25, 0.3) is 0 Å². The first kappa shape index (κ1) is 11.6. The van der Waals surface area contributed by atoms with E-state index in [1.54, 1.807) is 0 Å². The van der Waals surface area contributed by atoms with Crippen molar-refractivity contribution in [2.75, 3.05) is 0 Å². The first-order chi connectivity index (χ1) is 9.22. The monoisotopic (exact) mass is 250 g/mol. The SMILES string of the molecule is Cc1ccc(-c2cccc(-c3n[nH]c(C)n3)n2)cc1. The van der Waals surface area contributed by atoms with E-state index in [1.165, 1.54) is 5.56 Å². The molecule has 2 heterocycles. The molecule has 0 saturated heterocycles. The van der Waals surface area contributed by atoms with Crippen molar-refractivity contribution in [1.82, 2.24) is 20.2 Å². The van der Waals surface area contributed by atoms with E-state index in [2.05, 4.69) is 51.4 Å². The third-order valence-electron chi connectivity index (χ3n) is 2.92. The van der Waals surface area contributed by atoms with Crippen molar-refractivity contribution in [1.29, 1.82) is 0 Å². The van der Waals surface area contributed by atoms with Crippen LogP contribution in [-0.4, -0.2) is 20.2 Å². The van der Waals surface area contributed by atoms with Crippen molar-refractivity contribution in [2.45, 2.75) is 13.8 Å². The predicted molar refractivity (Wildman–Crippen MR) is 74.5 cm³/mol. The number of rotatable bonds is 2. The fourth-order valence-electron chi connectivity index (χ4n) is 1.90. The molecule has 0 unspecified atom stereocenters. The molecule has 4 heteroatoms. The Labute approximate surface area is 111 Å². The summed E-state index contributed by atoms with van der Waals surface area (Å²) in [6.45, 7) is 3.95. The molecule has 94 valence electrons. The second-order valence-electron chi connectivity index (χ2n) is 4.52. The van der Waals surface area contributed by atoms with Crippen LogP contribution in [-0.2, 0) is 0 Å². The quantitative estimate of drug-likeness (QED) is 0.760. The maximum Gasteiger partial charge on any atom is 0.199 e. The Hall–Kier alpha value is -2.49. The lowest BCUT2D eigenvalue weighted by Gasteiger charge is -2.03. The van der Waals surface area contributed by atoms with Crippen LogP contribution < -0.4 is 0 Å². The Kier molecular flexibility index (Phi) is 2.83. The smallest absolute Gasteiger partial charge is 0.199 e. The van der Waals surface area contributed by atoms with E-state index in [9.17, 15) is 0 Å². The van der Waals surface area contributed by atoms with Crippen molar-refractivity contribution in [3.63, 3.8) is 0 Å². The highest BCUT2D eigenvalue weighted by molar-refractivity contribution is 5.63. The molecule has 3 rings (SSSR count). The highest BCUT2D eigenvalue weighted by Gasteiger charge is 2.07. The largest absolute Gasteiger partial charge is 0.263 e. The number of aryl methyl sites for hydroxylation is 2. The topological polar surface area (TPSA) is 54.5 Å². The minimum atomic E-state index is 0.631. The Morgan fingerprint density at radius 1 is 0.842 bits per heavy atom. The van der Waals surface area contributed by atoms with E-state index in [0.29, 0.717) is 5.82 Å². The van der Waals surface area contributed by atoms with E-state index in [-0.39, 0.29) is 0 Å². The maximum absolute atomic E-state index is 4.61. The van der Waals surface area contributed by atoms with Gasteiger partial charge in [-0.2, -0.15) is 5.10 Å². The lowest BCUT2D eigenvalue weighted by atomic mass is 10.1. The van der Waals surface area contributed by atoms with E-state index < -0.39 is 0 Å². The number of pyridine rings is 1. The molecular formula is C15H14N4. The molecule has 1 aromatic carbocycles. The average molecular weight is 250 g/mol. The molecule has 0 spiro atoms. The molecule has 0 amide bonds. The normalized spacial score (nSPS) is 10.6. The number of hydrogen-bond donors (Lipinski definition) is 1. The molecule has 0 aliphatic heterocycles. The first-order valence-electron chi connectivity index (χ1n) is 6.16. The zero-order valence-corrected chi connectivity index (χ0v) is 10.9. The van der Waals surface area contributed by atoms with Gasteiger partial charge in [0.05, 0.1) is 5.69 Å². The molecule has 4 nitrogen and oxygen atoms in total. The van der Waals surface area contributed by atoms with Crippen LogP contribution in [0.5, 0.6) is 0 Å². The number of hydrogen-bond acceptors (Lipinski definition) is 3. The highest BCUT2D eigenvalue weighted by Crippen LogP contribution is 2.20. The first-order valence-corrected chi connectivity index (χ1v) is 6.16. The van der Waals surface area contributed by atoms with Crippen LogP contribution in [0.3, 0.4) is 0 Å². The Balaban J connectivity index is 2.02. The zero-order valence-electron chi connectivity index (χ0n) is 10.9. The van der Waals surface area contributed by atoms with E-state index >= 15 is 0 Å². The molecule has 0 aliphatic rings. The molecule has 0 radical (unpaired) electrons. The average Bonchev–Trinajstić information content (AvgIpc) is 2.86. The molecule has 0 saturated carbocycles. The van der Waals surface area contributed by atoms with Crippen molar-refractivity contribution >= 4 is 0 Å². The third kappa shape index (κ3) is 2.38. The van der Waals surface area contributed by atoms with Crippen LogP contribution in [0.2, 0.25) is 0 Å². The van der Waals surface area contributed by atoms with Crippen LogP contribution >= 0.6 is 0 Å². The van der Waals surface area contributed by atoms with Crippen LogP contribution in [0.1, 0.15) is 11.4 Å². The van der Waals surface area contributed by atoms with Gasteiger partial charge in [0, 0.05) is 5.56 Å². The van der Waals surface area contributed by atoms with Crippen molar-refractivity contribution in [2.24, 2.45) is 0 Å². The summed E-state index contributed by atoms with van der Waals surface area (Å²) in [5.74, 6) is 1.42. The second kappa shape index (κ2) is 4.65. The van der Waals surface area contributed by atoms with Crippen LogP contribution in [0.4, 0.5) is 0 Å². The van der Waals surface area contributed by atoms with Gasteiger partial charge in [-0.25, -0.2) is 9.97 Å². The summed E-state index contributed by atoms with van der Waals surface area (Å²) in [6, 6.07) is 14.2. The van der Waals surface area contributed by atoms with Crippen LogP contribution in [0.25, 0.3) is 22.8 Å². The third-order valence-corrected chi connectivity index (χ3v) is 2.92. The number of nitrogens with zero attached hydrogens (tertiary/aromatic N) is 3. The van der Waals surface area contributed by atoms with Crippen LogP contribution in [0.15, 0.2) is 42.5 Å². The van der Waals surface area contributed by atoms with Crippen molar-refractivity contribution in [3.05, 3.63) is 53.9 Å². The molecule has 19 heavy (non-hydrogen) atoms. The van der Waals surface area contributed by atoms with Crippen LogP contribution in [0, 0.1) is 13.8 Å². The predicted octanol–water partition coefficient (Wildman–Crippen LogP) is 3.15. The van der Waals surface area contributed by atoms with Gasteiger partial charge in [0.1, 0.15) is 11.5 Å². The number of nitrogens with one attached hydrogen (secondary N) is 1. The molecular weight excluding hydrogens is 236 g/mol. The van der Waals surface area contributed by atoms with E-state index in [1.807, 2.05) is 25.1 Å². The summed E-state index contributed by atoms with van der Waals surface area (Å²) < 4.78 is 0. The Bertz CT molecular complexity index is 698. The summed E-state index contributed by atoms with van der Waals surface area (Å²) in [7, 11) is 0. The second-order valence-corrected chi connectivity index (χ2v) is 4.52. The fraction of sp³-hybridized carbons (Fsp3) is 0.133. The summed E-state index contributed by atoms with van der Waals surface area (Å²) in [4.78, 5) is 8.91. The molecule has 0 atom stereocenters. The molecule has 2 aromatic heterocycles. The van der Waals surface area contributed by atoms with E-state index in [4.69, 9.17) is 0 Å². The van der Waals surface area contributed by atoms with E-state index in [0.717, 1.165) is 22.8 Å². The summed E-state index contributed by atoms with van der Waals surface area (Å²) in [5, 5.41) is 6.97. The molecule has 0 aliphatic carbocycles. The molecule has 1 N–H and O–H groups in total. The Morgan fingerprint density at radius 3 is 2.26 bits per heavy atom. The summed E-state index contributed by atoms with van der Waals surface area (Å²) in [6.07, 6.45) is 0. The lowest BCUT2D eigenvalue weighted by molar-refractivity contribution is 1.04. The minimum Gasteiger partial charge on any atom is -0.263 e. The number of benzene rings is 1. The van der Waals surface area contributed by atoms with Crippen molar-refractivity contribution < 1.29 is 0 Å². The Morgan fingerprint density at radius 2 is 1.58 bits per heavy atom. The number of aromatic amines is 1. The van der Waals surface area contributed by atoms with Gasteiger partial charge in [-0.15, -0.1) is 0 Å². The zero-order chi connectivity index (χ0) is 13.2. The maximum atomic E-state index is 4.61. The van der Waals surface area contributed by atoms with Gasteiger partial charge in [-0.1, -0.05) is 35.9 Å². The minimum absolute atomic E-state index is 0.631. The van der Waals surface area contributed by atoms with Gasteiger partial charge >= 0.3 is 0 Å². The molecule has 0 bridgehead atoms. The standard InChI is InChI=1S/C15H14N4/c1-10-6-8-12(9-7-10)13-4-3-5-14(17-13)15-16-11(2)18-19-15/h3-9H,1-2H3,(H,16,18,19). The van der Waals surface area contributed by atoms with Gasteiger partial charge in [-0.3, -0.25) is 5.10 Å². The highest BCUT2D eigenvalue weighted by atomic mass is 15.2. The van der Waals surface area contributed by atoms with Gasteiger partial charge < -0.3 is 0 Å². The fourth-order valence-corrected chi connectivity index (χ4v) is 1.90. The number of H-pyrrole nitrogens is 1. The lowest BCUT2D eigenvalue weighted by Crippen LogP contribution is -1.89. The van der Waals surface area contributed by atoms with Gasteiger partial charge in [0.15, 0.2) is 5.82 Å². The summed E-state index contributed by atoms with van der Waals surface area (Å²) >= 11 is 0. The van der Waals surface area contributed by atoms with Crippen molar-refractivity contribution in [3.8, 4) is 22.8 Å². The summed E-state index contributed by atoms with van der Waals surface area (Å²) in [5.41, 5.74) is 4.05. The molecule has 3 aromatic rings. The van der Waals surface area contributed by atoms with Gasteiger partial charge in [-0.05, 0) is 26.0 Å². The molecule has 0 fully saturated rings.